The van der Waals surface area contributed by atoms with Gasteiger partial charge in [-0.3, -0.25) is 4.57 Å². The van der Waals surface area contributed by atoms with E-state index in [1.165, 1.54) is 6.33 Å². The van der Waals surface area contributed by atoms with Gasteiger partial charge in [0.05, 0.1) is 0 Å². The van der Waals surface area contributed by atoms with E-state index >= 15 is 0 Å². The van der Waals surface area contributed by atoms with E-state index in [4.69, 9.17) is 17.3 Å². The van der Waals surface area contributed by atoms with Crippen molar-refractivity contribution in [1.82, 2.24) is 19.5 Å². The minimum Gasteiger partial charge on any atom is -0.393 e. The summed E-state index contributed by atoms with van der Waals surface area (Å²) >= 11 is 5.85. The average molecular weight is 238 g/mol. The smallest absolute Gasteiger partial charge is 0.166 e. The zero-order valence-electron chi connectivity index (χ0n) is 8.89. The van der Waals surface area contributed by atoms with Crippen molar-refractivity contribution in [3.8, 4) is 5.82 Å². The molecule has 0 radical (unpaired) electrons. The number of aromatic nitrogens is 4. The predicted molar refractivity (Wildman–Crippen MR) is 62.6 cm³/mol. The molecule has 0 fully saturated rings. The van der Waals surface area contributed by atoms with Crippen LogP contribution < -0.4 is 5.73 Å². The van der Waals surface area contributed by atoms with Gasteiger partial charge in [0, 0.05) is 18.8 Å². The van der Waals surface area contributed by atoms with E-state index in [1.807, 2.05) is 10.8 Å². The maximum Gasteiger partial charge on any atom is 0.166 e. The summed E-state index contributed by atoms with van der Waals surface area (Å²) in [7, 11) is 0. The number of nitrogens with zero attached hydrogens (tertiary/aromatic N) is 4. The van der Waals surface area contributed by atoms with Crippen LogP contribution in [0.1, 0.15) is 19.2 Å². The van der Waals surface area contributed by atoms with Crippen molar-refractivity contribution in [2.24, 2.45) is 0 Å². The van der Waals surface area contributed by atoms with E-state index in [0.29, 0.717) is 11.5 Å². The van der Waals surface area contributed by atoms with E-state index in [9.17, 15) is 0 Å². The first kappa shape index (κ1) is 10.9. The van der Waals surface area contributed by atoms with Gasteiger partial charge < -0.3 is 5.73 Å². The molecule has 0 saturated heterocycles. The number of rotatable bonds is 3. The van der Waals surface area contributed by atoms with E-state index in [-0.39, 0.29) is 5.15 Å². The first-order chi connectivity index (χ1) is 7.74. The van der Waals surface area contributed by atoms with Crippen molar-refractivity contribution < 1.29 is 0 Å². The number of nitrogen functional groups attached to an aromatic ring is 1. The molecule has 0 aromatic carbocycles. The molecule has 0 aliphatic heterocycles. The van der Waals surface area contributed by atoms with Gasteiger partial charge in [0.15, 0.2) is 11.0 Å². The highest BCUT2D eigenvalue weighted by Gasteiger charge is 2.11. The molecule has 6 heteroatoms. The van der Waals surface area contributed by atoms with E-state index in [2.05, 4.69) is 21.9 Å². The number of hydrogen-bond acceptors (Lipinski definition) is 4. The lowest BCUT2D eigenvalue weighted by Gasteiger charge is -2.08. The van der Waals surface area contributed by atoms with E-state index in [1.54, 1.807) is 6.20 Å². The molecular formula is C10H12ClN5. The molecule has 2 heterocycles. The fourth-order valence-corrected chi connectivity index (χ4v) is 1.62. The molecule has 0 aliphatic rings. The fraction of sp³-hybridized carbons (Fsp3) is 0.300. The van der Waals surface area contributed by atoms with Gasteiger partial charge >= 0.3 is 0 Å². The Bertz CT molecular complexity index is 494. The summed E-state index contributed by atoms with van der Waals surface area (Å²) in [5.74, 6) is 1.50. The number of hydrogen-bond donors (Lipinski definition) is 1. The molecule has 2 N–H and O–H groups in total. The Labute approximate surface area is 98.3 Å². The fourth-order valence-electron chi connectivity index (χ4n) is 1.49. The zero-order valence-corrected chi connectivity index (χ0v) is 9.65. The molecule has 0 saturated carbocycles. The summed E-state index contributed by atoms with van der Waals surface area (Å²) in [6.07, 6.45) is 6.81. The van der Waals surface area contributed by atoms with Gasteiger partial charge in [-0.25, -0.2) is 15.0 Å². The first-order valence-corrected chi connectivity index (χ1v) is 5.40. The molecule has 2 aromatic rings. The van der Waals surface area contributed by atoms with Crippen molar-refractivity contribution in [3.63, 3.8) is 0 Å². The van der Waals surface area contributed by atoms with Crippen LogP contribution >= 0.6 is 11.6 Å². The molecule has 0 amide bonds. The van der Waals surface area contributed by atoms with Gasteiger partial charge in [0.2, 0.25) is 0 Å². The lowest BCUT2D eigenvalue weighted by Crippen LogP contribution is -2.07. The van der Waals surface area contributed by atoms with Gasteiger partial charge in [-0.2, -0.15) is 0 Å². The van der Waals surface area contributed by atoms with Crippen LogP contribution in [0.15, 0.2) is 18.7 Å². The molecule has 2 aromatic heterocycles. The summed E-state index contributed by atoms with van der Waals surface area (Å²) in [6.45, 7) is 2.09. The lowest BCUT2D eigenvalue weighted by molar-refractivity contribution is 0.797. The van der Waals surface area contributed by atoms with Crippen molar-refractivity contribution >= 4 is 17.3 Å². The number of nitrogens with two attached hydrogens (primary N) is 1. The van der Waals surface area contributed by atoms with Crippen molar-refractivity contribution in [2.75, 3.05) is 5.73 Å². The van der Waals surface area contributed by atoms with E-state index < -0.39 is 0 Å². The molecule has 0 aliphatic carbocycles. The Kier molecular flexibility index (Phi) is 3.05. The van der Waals surface area contributed by atoms with Crippen LogP contribution in [-0.4, -0.2) is 19.5 Å². The topological polar surface area (TPSA) is 69.6 Å². The van der Waals surface area contributed by atoms with E-state index in [0.717, 1.165) is 18.7 Å². The Morgan fingerprint density at radius 3 is 2.94 bits per heavy atom. The molecule has 2 rings (SSSR count). The average Bonchev–Trinajstić information content (AvgIpc) is 2.71. The van der Waals surface area contributed by atoms with Gasteiger partial charge in [-0.05, 0) is 6.42 Å². The van der Waals surface area contributed by atoms with Crippen molar-refractivity contribution in [1.29, 1.82) is 0 Å². The zero-order chi connectivity index (χ0) is 11.5. The highest BCUT2D eigenvalue weighted by Crippen LogP contribution is 2.22. The Morgan fingerprint density at radius 2 is 2.19 bits per heavy atom. The molecule has 16 heavy (non-hydrogen) atoms. The Balaban J connectivity index is 2.50. The van der Waals surface area contributed by atoms with Crippen LogP contribution in [0.5, 0.6) is 0 Å². The minimum atomic E-state index is 0.265. The van der Waals surface area contributed by atoms with Crippen LogP contribution in [0.2, 0.25) is 5.15 Å². The quantitative estimate of drug-likeness (QED) is 0.828. The van der Waals surface area contributed by atoms with Crippen LogP contribution in [0, 0.1) is 0 Å². The Hall–Kier alpha value is -1.62. The monoisotopic (exact) mass is 237 g/mol. The van der Waals surface area contributed by atoms with Crippen LogP contribution in [0.4, 0.5) is 5.69 Å². The lowest BCUT2D eigenvalue weighted by atomic mass is 10.3. The maximum atomic E-state index is 5.85. The third kappa shape index (κ3) is 1.86. The maximum absolute atomic E-state index is 5.85. The highest BCUT2D eigenvalue weighted by molar-refractivity contribution is 6.32. The number of imidazole rings is 1. The van der Waals surface area contributed by atoms with Gasteiger partial charge in [-0.15, -0.1) is 0 Å². The van der Waals surface area contributed by atoms with Crippen LogP contribution in [0.25, 0.3) is 5.82 Å². The molecule has 0 bridgehead atoms. The molecule has 0 atom stereocenters. The molecule has 0 spiro atoms. The third-order valence-corrected chi connectivity index (χ3v) is 2.53. The highest BCUT2D eigenvalue weighted by atomic mass is 35.5. The summed E-state index contributed by atoms with van der Waals surface area (Å²) in [6, 6.07) is 0. The normalized spacial score (nSPS) is 10.6. The van der Waals surface area contributed by atoms with Gasteiger partial charge in [-0.1, -0.05) is 18.5 Å². The SMILES string of the molecule is CCCc1nccn1-c1ncnc(Cl)c1N. The van der Waals surface area contributed by atoms with Gasteiger partial charge in [0.1, 0.15) is 17.8 Å². The predicted octanol–water partition coefficient (Wildman–Crippen LogP) is 1.85. The largest absolute Gasteiger partial charge is 0.393 e. The van der Waals surface area contributed by atoms with Crippen molar-refractivity contribution in [2.45, 2.75) is 19.8 Å². The number of halogens is 1. The third-order valence-electron chi connectivity index (χ3n) is 2.23. The second-order valence-corrected chi connectivity index (χ2v) is 3.72. The van der Waals surface area contributed by atoms with Crippen LogP contribution in [-0.2, 0) is 6.42 Å². The molecule has 84 valence electrons. The second kappa shape index (κ2) is 4.49. The number of aryl methyl sites for hydroxylation is 1. The first-order valence-electron chi connectivity index (χ1n) is 5.02. The van der Waals surface area contributed by atoms with Crippen LogP contribution in [0.3, 0.4) is 0 Å². The summed E-state index contributed by atoms with van der Waals surface area (Å²) in [4.78, 5) is 12.2. The number of anilines is 1. The molecule has 0 unspecified atom stereocenters. The van der Waals surface area contributed by atoms with Gasteiger partial charge in [0.25, 0.3) is 0 Å². The standard InChI is InChI=1S/C10H12ClN5/c1-2-3-7-13-4-5-16(7)10-8(12)9(11)14-6-15-10/h4-6H,2-3,12H2,1H3. The molecular weight excluding hydrogens is 226 g/mol. The summed E-state index contributed by atoms with van der Waals surface area (Å²) in [5.41, 5.74) is 6.21. The summed E-state index contributed by atoms with van der Waals surface area (Å²) < 4.78 is 1.84. The summed E-state index contributed by atoms with van der Waals surface area (Å²) in [5, 5.41) is 0.265. The Morgan fingerprint density at radius 1 is 1.38 bits per heavy atom. The second-order valence-electron chi connectivity index (χ2n) is 3.37. The molecule has 5 nitrogen and oxygen atoms in total. The van der Waals surface area contributed by atoms with Crippen molar-refractivity contribution in [3.05, 3.63) is 29.7 Å². The minimum absolute atomic E-state index is 0.265.